The number of rotatable bonds is 13. The quantitative estimate of drug-likeness (QED) is 0.271. The highest BCUT2D eigenvalue weighted by Crippen LogP contribution is 2.14. The molecule has 0 saturated heterocycles. The lowest BCUT2D eigenvalue weighted by Crippen LogP contribution is -2.41. The van der Waals surface area contributed by atoms with Crippen LogP contribution in [0.15, 0.2) is 26.7 Å². The molecule has 1 heterocycles. The van der Waals surface area contributed by atoms with Crippen LogP contribution < -0.4 is 15.4 Å². The minimum absolute atomic E-state index is 0.296. The molecule has 0 radical (unpaired) electrons. The first-order valence-corrected chi connectivity index (χ1v) is 11.1. The van der Waals surface area contributed by atoms with Gasteiger partial charge in [-0.15, -0.1) is 11.3 Å². The fraction of sp³-hybridized carbons (Fsp3) is 0.688. The smallest absolute Gasteiger partial charge is 0.250 e. The predicted molar refractivity (Wildman–Crippen MR) is 104 cm³/mol. The lowest BCUT2D eigenvalue weighted by Gasteiger charge is -2.11. The van der Waals surface area contributed by atoms with Gasteiger partial charge < -0.3 is 15.4 Å². The van der Waals surface area contributed by atoms with E-state index in [0.29, 0.717) is 36.4 Å². The molecule has 0 spiro atoms. The molecule has 3 N–H and O–H groups in total. The molecule has 144 valence electrons. The third-order valence-corrected chi connectivity index (χ3v) is 6.03. The van der Waals surface area contributed by atoms with Gasteiger partial charge in [0.05, 0.1) is 0 Å². The Kier molecular flexibility index (Phi) is 11.5. The van der Waals surface area contributed by atoms with Gasteiger partial charge in [-0.2, -0.15) is 0 Å². The molecule has 1 aromatic heterocycles. The highest BCUT2D eigenvalue weighted by atomic mass is 32.2. The Labute approximate surface area is 155 Å². The Morgan fingerprint density at radius 2 is 2.00 bits per heavy atom. The van der Waals surface area contributed by atoms with Crippen molar-refractivity contribution >= 4 is 27.3 Å². The van der Waals surface area contributed by atoms with Gasteiger partial charge in [0.1, 0.15) is 4.21 Å². The number of nitrogens with one attached hydrogen (secondary N) is 3. The number of sulfonamides is 1. The van der Waals surface area contributed by atoms with Crippen LogP contribution >= 0.6 is 11.3 Å². The van der Waals surface area contributed by atoms with Gasteiger partial charge in [-0.3, -0.25) is 4.99 Å². The molecule has 9 heteroatoms. The Morgan fingerprint density at radius 1 is 1.20 bits per heavy atom. The second kappa shape index (κ2) is 13.1. The monoisotopic (exact) mass is 390 g/mol. The highest BCUT2D eigenvalue weighted by molar-refractivity contribution is 7.91. The number of ether oxygens (including phenoxy) is 1. The van der Waals surface area contributed by atoms with E-state index in [2.05, 4.69) is 27.3 Å². The summed E-state index contributed by atoms with van der Waals surface area (Å²) < 4.78 is 32.4. The summed E-state index contributed by atoms with van der Waals surface area (Å²) in [4.78, 5) is 4.45. The van der Waals surface area contributed by atoms with E-state index < -0.39 is 10.0 Å². The molecule has 25 heavy (non-hydrogen) atoms. The summed E-state index contributed by atoms with van der Waals surface area (Å²) in [7, 11) is -3.41. The Balaban J connectivity index is 2.24. The van der Waals surface area contributed by atoms with Crippen molar-refractivity contribution in [3.8, 4) is 0 Å². The van der Waals surface area contributed by atoms with Crippen molar-refractivity contribution in [3.05, 3.63) is 17.5 Å². The summed E-state index contributed by atoms with van der Waals surface area (Å²) in [5.74, 6) is 0.686. The Morgan fingerprint density at radius 3 is 2.68 bits per heavy atom. The van der Waals surface area contributed by atoms with Crippen molar-refractivity contribution in [1.29, 1.82) is 0 Å². The second-order valence-electron chi connectivity index (χ2n) is 5.34. The van der Waals surface area contributed by atoms with Crippen molar-refractivity contribution in [2.45, 2.75) is 37.3 Å². The summed E-state index contributed by atoms with van der Waals surface area (Å²) in [5.41, 5.74) is 0. The molecule has 0 unspecified atom stereocenters. The van der Waals surface area contributed by atoms with Crippen molar-refractivity contribution in [1.82, 2.24) is 15.4 Å². The normalized spacial score (nSPS) is 12.3. The van der Waals surface area contributed by atoms with E-state index in [9.17, 15) is 8.42 Å². The van der Waals surface area contributed by atoms with Gasteiger partial charge in [-0.25, -0.2) is 13.1 Å². The van der Waals surface area contributed by atoms with E-state index in [1.807, 2.05) is 6.92 Å². The van der Waals surface area contributed by atoms with Gasteiger partial charge in [0.25, 0.3) is 0 Å². The zero-order chi connectivity index (χ0) is 18.4. The van der Waals surface area contributed by atoms with Crippen LogP contribution in [0.5, 0.6) is 0 Å². The van der Waals surface area contributed by atoms with E-state index in [-0.39, 0.29) is 0 Å². The Bertz CT molecular complexity index is 574. The number of nitrogens with zero attached hydrogens (tertiary/aromatic N) is 1. The van der Waals surface area contributed by atoms with Gasteiger partial charge in [0.2, 0.25) is 10.0 Å². The zero-order valence-electron chi connectivity index (χ0n) is 15.1. The van der Waals surface area contributed by atoms with Gasteiger partial charge in [0, 0.05) is 39.4 Å². The van der Waals surface area contributed by atoms with E-state index >= 15 is 0 Å². The third kappa shape index (κ3) is 9.78. The molecule has 1 aromatic rings. The average Bonchev–Trinajstić information content (AvgIpc) is 3.13. The van der Waals surface area contributed by atoms with Crippen molar-refractivity contribution in [2.75, 3.05) is 39.4 Å². The lowest BCUT2D eigenvalue weighted by molar-refractivity contribution is 0.130. The van der Waals surface area contributed by atoms with Crippen LogP contribution in [0.3, 0.4) is 0 Å². The molecule has 0 aliphatic heterocycles. The first kappa shape index (κ1) is 21.9. The number of guanidine groups is 1. The van der Waals surface area contributed by atoms with Crippen molar-refractivity contribution < 1.29 is 13.2 Å². The fourth-order valence-electron chi connectivity index (χ4n) is 1.90. The zero-order valence-corrected chi connectivity index (χ0v) is 16.7. The minimum Gasteiger partial charge on any atom is -0.381 e. The first-order valence-electron chi connectivity index (χ1n) is 8.73. The summed E-state index contributed by atoms with van der Waals surface area (Å²) in [6.45, 7) is 7.83. The van der Waals surface area contributed by atoms with Crippen LogP contribution in [-0.4, -0.2) is 53.8 Å². The van der Waals surface area contributed by atoms with Crippen molar-refractivity contribution in [3.63, 3.8) is 0 Å². The second-order valence-corrected chi connectivity index (χ2v) is 8.28. The van der Waals surface area contributed by atoms with Crippen LogP contribution in [-0.2, 0) is 14.8 Å². The van der Waals surface area contributed by atoms with Gasteiger partial charge in [0.15, 0.2) is 5.96 Å². The molecule has 0 saturated carbocycles. The molecule has 0 atom stereocenters. The molecular formula is C16H30N4O3S2. The fourth-order valence-corrected chi connectivity index (χ4v) is 3.97. The van der Waals surface area contributed by atoms with Crippen LogP contribution in [0, 0.1) is 0 Å². The number of unbranched alkanes of at least 4 members (excludes halogenated alkanes) is 1. The topological polar surface area (TPSA) is 91.8 Å². The Hall–Kier alpha value is -1.16. The van der Waals surface area contributed by atoms with Crippen LogP contribution in [0.2, 0.25) is 0 Å². The molecule has 0 aromatic carbocycles. The summed E-state index contributed by atoms with van der Waals surface area (Å²) >= 11 is 1.20. The maximum absolute atomic E-state index is 12.0. The first-order chi connectivity index (χ1) is 12.1. The molecular weight excluding hydrogens is 360 g/mol. The van der Waals surface area contributed by atoms with Crippen LogP contribution in [0.25, 0.3) is 0 Å². The molecule has 0 amide bonds. The standard InChI is InChI=1S/C16H30N4O3S2/c1-3-5-12-23-13-7-9-18-16(17-4-2)19-10-11-20-25(21,22)15-8-6-14-24-15/h6,8,14,20H,3-5,7,9-13H2,1-2H3,(H2,17,18,19). The molecule has 0 bridgehead atoms. The molecule has 0 aliphatic carbocycles. The summed E-state index contributed by atoms with van der Waals surface area (Å²) in [6, 6.07) is 3.31. The van der Waals surface area contributed by atoms with Crippen molar-refractivity contribution in [2.24, 2.45) is 4.99 Å². The largest absolute Gasteiger partial charge is 0.381 e. The molecule has 1 rings (SSSR count). The van der Waals surface area contributed by atoms with Crippen LogP contribution in [0.1, 0.15) is 33.1 Å². The average molecular weight is 391 g/mol. The lowest BCUT2D eigenvalue weighted by atomic mass is 10.4. The molecule has 0 aliphatic rings. The number of hydrogen-bond donors (Lipinski definition) is 3. The summed E-state index contributed by atoms with van der Waals surface area (Å²) in [5, 5.41) is 8.01. The van der Waals surface area contributed by atoms with E-state index in [1.165, 1.54) is 11.3 Å². The maximum Gasteiger partial charge on any atom is 0.250 e. The van der Waals surface area contributed by atoms with E-state index in [1.54, 1.807) is 17.5 Å². The number of aliphatic imine (C=N–C) groups is 1. The van der Waals surface area contributed by atoms with Crippen LogP contribution in [0.4, 0.5) is 0 Å². The molecule has 7 nitrogen and oxygen atoms in total. The van der Waals surface area contributed by atoms with Gasteiger partial charge in [-0.1, -0.05) is 19.4 Å². The molecule has 0 fully saturated rings. The van der Waals surface area contributed by atoms with E-state index in [0.717, 1.165) is 32.4 Å². The van der Waals surface area contributed by atoms with Gasteiger partial charge >= 0.3 is 0 Å². The summed E-state index contributed by atoms with van der Waals surface area (Å²) in [6.07, 6.45) is 3.10. The third-order valence-electron chi connectivity index (χ3n) is 3.17. The predicted octanol–water partition coefficient (Wildman–Crippen LogP) is 1.79. The SMILES string of the molecule is CCCCOCCCN=C(NCC)NCCNS(=O)(=O)c1cccs1. The number of hydrogen-bond acceptors (Lipinski definition) is 5. The number of thiophene rings is 1. The maximum atomic E-state index is 12.0. The van der Waals surface area contributed by atoms with Gasteiger partial charge in [-0.05, 0) is 31.2 Å². The van der Waals surface area contributed by atoms with E-state index in [4.69, 9.17) is 4.74 Å². The highest BCUT2D eigenvalue weighted by Gasteiger charge is 2.13. The minimum atomic E-state index is -3.41.